The fraction of sp³-hybridized carbons (Fsp3) is 0.500. The highest BCUT2D eigenvalue weighted by molar-refractivity contribution is 5.87. The zero-order valence-corrected chi connectivity index (χ0v) is 11.2. The molecule has 0 saturated carbocycles. The topological polar surface area (TPSA) is 78.8 Å². The highest BCUT2D eigenvalue weighted by Crippen LogP contribution is 2.24. The molecule has 1 aliphatic heterocycles. The number of hydrogen-bond acceptors (Lipinski definition) is 4. The first-order valence-electron chi connectivity index (χ1n) is 6.49. The fourth-order valence-electron chi connectivity index (χ4n) is 2.26. The Bertz CT molecular complexity index is 508. The lowest BCUT2D eigenvalue weighted by Gasteiger charge is -2.26. The van der Waals surface area contributed by atoms with Gasteiger partial charge < -0.3 is 20.3 Å². The summed E-state index contributed by atoms with van der Waals surface area (Å²) in [6.07, 6.45) is 0.254. The zero-order valence-electron chi connectivity index (χ0n) is 11.2. The molecule has 1 heterocycles. The van der Waals surface area contributed by atoms with Crippen LogP contribution in [-0.4, -0.2) is 41.0 Å². The summed E-state index contributed by atoms with van der Waals surface area (Å²) in [6, 6.07) is 3.65. The third kappa shape index (κ3) is 3.15. The van der Waals surface area contributed by atoms with Crippen molar-refractivity contribution in [2.45, 2.75) is 31.6 Å². The minimum atomic E-state index is -1.09. The molecular weight excluding hydrogens is 265 g/mol. The van der Waals surface area contributed by atoms with Crippen LogP contribution in [0.3, 0.4) is 0 Å². The normalized spacial score (nSPS) is 25.9. The third-order valence-corrected chi connectivity index (χ3v) is 3.70. The highest BCUT2D eigenvalue weighted by Gasteiger charge is 2.38. The summed E-state index contributed by atoms with van der Waals surface area (Å²) in [4.78, 5) is 10.8. The van der Waals surface area contributed by atoms with Gasteiger partial charge in [-0.3, -0.25) is 0 Å². The number of benzene rings is 1. The first kappa shape index (κ1) is 14.9. The van der Waals surface area contributed by atoms with E-state index in [0.29, 0.717) is 13.0 Å². The van der Waals surface area contributed by atoms with Crippen molar-refractivity contribution in [3.05, 3.63) is 35.1 Å². The summed E-state index contributed by atoms with van der Waals surface area (Å²) in [6.45, 7) is 2.72. The van der Waals surface area contributed by atoms with Gasteiger partial charge in [0.2, 0.25) is 0 Å². The molecule has 0 radical (unpaired) electrons. The van der Waals surface area contributed by atoms with Crippen molar-refractivity contribution in [2.75, 3.05) is 13.2 Å². The number of rotatable bonds is 5. The number of carboxylic acid groups (broad SMARTS) is 1. The Morgan fingerprint density at radius 2 is 2.35 bits per heavy atom. The number of nitrogens with one attached hydrogen (secondary N) is 1. The first-order chi connectivity index (χ1) is 9.42. The number of carboxylic acids is 1. The van der Waals surface area contributed by atoms with Gasteiger partial charge in [0.15, 0.2) is 0 Å². The van der Waals surface area contributed by atoms with E-state index in [1.807, 2.05) is 0 Å². The van der Waals surface area contributed by atoms with Gasteiger partial charge in [0.1, 0.15) is 11.4 Å². The molecule has 0 spiro atoms. The van der Waals surface area contributed by atoms with Crippen molar-refractivity contribution in [1.82, 2.24) is 5.32 Å². The van der Waals surface area contributed by atoms with Crippen molar-refractivity contribution in [2.24, 2.45) is 0 Å². The molecule has 0 aliphatic carbocycles. The van der Waals surface area contributed by atoms with Gasteiger partial charge in [-0.25, -0.2) is 9.18 Å². The van der Waals surface area contributed by atoms with Crippen LogP contribution in [0.15, 0.2) is 18.2 Å². The summed E-state index contributed by atoms with van der Waals surface area (Å²) in [7, 11) is 0. The molecule has 1 aromatic carbocycles. The Hall–Kier alpha value is -1.50. The summed E-state index contributed by atoms with van der Waals surface area (Å²) < 4.78 is 18.9. The van der Waals surface area contributed by atoms with Gasteiger partial charge in [-0.1, -0.05) is 0 Å². The van der Waals surface area contributed by atoms with Crippen LogP contribution in [0.1, 0.15) is 29.3 Å². The van der Waals surface area contributed by atoms with E-state index < -0.39 is 17.4 Å². The predicted octanol–water partition coefficient (Wildman–Crippen LogP) is 1.15. The van der Waals surface area contributed by atoms with E-state index in [0.717, 1.165) is 6.07 Å². The van der Waals surface area contributed by atoms with Crippen LogP contribution >= 0.6 is 0 Å². The summed E-state index contributed by atoms with van der Waals surface area (Å²) in [5.41, 5.74) is -0.652. The molecule has 0 aromatic heterocycles. The van der Waals surface area contributed by atoms with Crippen LogP contribution in [0.5, 0.6) is 0 Å². The summed E-state index contributed by atoms with van der Waals surface area (Å²) >= 11 is 0. The minimum Gasteiger partial charge on any atom is -0.478 e. The Labute approximate surface area is 116 Å². The maximum Gasteiger partial charge on any atom is 0.335 e. The smallest absolute Gasteiger partial charge is 0.335 e. The van der Waals surface area contributed by atoms with E-state index in [9.17, 15) is 14.3 Å². The summed E-state index contributed by atoms with van der Waals surface area (Å²) in [5, 5.41) is 22.1. The van der Waals surface area contributed by atoms with E-state index >= 15 is 0 Å². The predicted molar refractivity (Wildman–Crippen MR) is 70.0 cm³/mol. The van der Waals surface area contributed by atoms with E-state index in [-0.39, 0.29) is 30.3 Å². The molecule has 110 valence electrons. The van der Waals surface area contributed by atoms with Crippen molar-refractivity contribution < 1.29 is 24.1 Å². The van der Waals surface area contributed by atoms with Crippen molar-refractivity contribution in [1.29, 1.82) is 0 Å². The Morgan fingerprint density at radius 1 is 1.60 bits per heavy atom. The third-order valence-electron chi connectivity index (χ3n) is 3.70. The van der Waals surface area contributed by atoms with Gasteiger partial charge in [-0.15, -0.1) is 0 Å². The first-order valence-corrected chi connectivity index (χ1v) is 6.49. The van der Waals surface area contributed by atoms with Gasteiger partial charge in [0.25, 0.3) is 0 Å². The van der Waals surface area contributed by atoms with Gasteiger partial charge in [0, 0.05) is 31.7 Å². The van der Waals surface area contributed by atoms with Crippen molar-refractivity contribution >= 4 is 5.97 Å². The molecule has 0 amide bonds. The SMILES string of the molecule is CC1OCCC1(O)CNCc1cc(C(=O)O)ccc1F. The Morgan fingerprint density at radius 3 is 2.95 bits per heavy atom. The fourth-order valence-corrected chi connectivity index (χ4v) is 2.26. The number of carbonyl (C=O) groups is 1. The van der Waals surface area contributed by atoms with Crippen molar-refractivity contribution in [3.8, 4) is 0 Å². The van der Waals surface area contributed by atoms with Gasteiger partial charge in [-0.05, 0) is 25.1 Å². The molecule has 1 fully saturated rings. The lowest BCUT2D eigenvalue weighted by atomic mass is 9.96. The molecular formula is C14H18FNO4. The Balaban J connectivity index is 1.97. The summed E-state index contributed by atoms with van der Waals surface area (Å²) in [5.74, 6) is -1.56. The zero-order chi connectivity index (χ0) is 14.8. The molecule has 5 nitrogen and oxygen atoms in total. The molecule has 1 aromatic rings. The molecule has 3 N–H and O–H groups in total. The van der Waals surface area contributed by atoms with Crippen LogP contribution in [0.25, 0.3) is 0 Å². The van der Waals surface area contributed by atoms with Gasteiger partial charge in [-0.2, -0.15) is 0 Å². The monoisotopic (exact) mass is 283 g/mol. The second-order valence-electron chi connectivity index (χ2n) is 5.08. The lowest BCUT2D eigenvalue weighted by molar-refractivity contribution is -0.0263. The maximum atomic E-state index is 13.6. The largest absolute Gasteiger partial charge is 0.478 e. The number of aromatic carboxylic acids is 1. The molecule has 1 saturated heterocycles. The van der Waals surface area contributed by atoms with E-state index in [1.165, 1.54) is 12.1 Å². The van der Waals surface area contributed by atoms with E-state index in [4.69, 9.17) is 9.84 Å². The second kappa shape index (κ2) is 5.87. The van der Waals surface area contributed by atoms with Crippen LogP contribution in [0.4, 0.5) is 4.39 Å². The van der Waals surface area contributed by atoms with Crippen LogP contribution in [-0.2, 0) is 11.3 Å². The van der Waals surface area contributed by atoms with E-state index in [2.05, 4.69) is 5.32 Å². The average molecular weight is 283 g/mol. The number of aliphatic hydroxyl groups is 1. The van der Waals surface area contributed by atoms with Gasteiger partial charge >= 0.3 is 5.97 Å². The molecule has 2 unspecified atom stereocenters. The van der Waals surface area contributed by atoms with E-state index in [1.54, 1.807) is 6.92 Å². The number of hydrogen-bond donors (Lipinski definition) is 3. The average Bonchev–Trinajstić information content (AvgIpc) is 2.72. The standard InChI is InChI=1S/C14H18FNO4/c1-9-14(19,4-5-20-9)8-16-7-11-6-10(13(17)18)2-3-12(11)15/h2-3,6,9,16,19H,4-5,7-8H2,1H3,(H,17,18). The van der Waals surface area contributed by atoms with Crippen LogP contribution < -0.4 is 5.32 Å². The van der Waals surface area contributed by atoms with Gasteiger partial charge in [0.05, 0.1) is 11.7 Å². The minimum absolute atomic E-state index is 0.0412. The molecule has 0 bridgehead atoms. The number of ether oxygens (including phenoxy) is 1. The van der Waals surface area contributed by atoms with Crippen molar-refractivity contribution in [3.63, 3.8) is 0 Å². The Kier molecular flexibility index (Phi) is 4.37. The number of halogens is 1. The van der Waals surface area contributed by atoms with Crippen LogP contribution in [0, 0.1) is 5.82 Å². The second-order valence-corrected chi connectivity index (χ2v) is 5.08. The molecule has 2 rings (SSSR count). The highest BCUT2D eigenvalue weighted by atomic mass is 19.1. The molecule has 20 heavy (non-hydrogen) atoms. The quantitative estimate of drug-likeness (QED) is 0.755. The molecule has 1 aliphatic rings. The lowest BCUT2D eigenvalue weighted by Crippen LogP contribution is -2.45. The van der Waals surface area contributed by atoms with Crippen LogP contribution in [0.2, 0.25) is 0 Å². The maximum absolute atomic E-state index is 13.6. The molecule has 2 atom stereocenters. The molecule has 6 heteroatoms.